The van der Waals surface area contributed by atoms with Crippen molar-refractivity contribution >= 4 is 5.91 Å². The standard InChI is InChI=1S/C15H28N4O2/c1-11(2)14-17-13(21-18-14)8-7-12(20)16-9-15(3,4)10-19(5)6/h11H,7-10H2,1-6H3,(H,16,20). The third kappa shape index (κ3) is 6.71. The Labute approximate surface area is 127 Å². The van der Waals surface area contributed by atoms with E-state index < -0.39 is 0 Å². The van der Waals surface area contributed by atoms with Gasteiger partial charge in [-0.1, -0.05) is 32.9 Å². The molecule has 0 spiro atoms. The first-order valence-corrected chi connectivity index (χ1v) is 7.43. The van der Waals surface area contributed by atoms with Gasteiger partial charge in [0.1, 0.15) is 0 Å². The number of nitrogens with one attached hydrogen (secondary N) is 1. The van der Waals surface area contributed by atoms with Crippen LogP contribution in [0, 0.1) is 5.41 Å². The van der Waals surface area contributed by atoms with E-state index in [0.717, 1.165) is 6.54 Å². The van der Waals surface area contributed by atoms with Crippen LogP contribution >= 0.6 is 0 Å². The van der Waals surface area contributed by atoms with E-state index in [2.05, 4.69) is 34.2 Å². The van der Waals surface area contributed by atoms with Crippen LogP contribution < -0.4 is 5.32 Å². The molecular weight excluding hydrogens is 268 g/mol. The second kappa shape index (κ2) is 7.54. The number of hydrogen-bond donors (Lipinski definition) is 1. The number of carbonyl (C=O) groups is 1. The fourth-order valence-electron chi connectivity index (χ4n) is 2.16. The molecular formula is C15H28N4O2. The maximum atomic E-state index is 11.9. The van der Waals surface area contributed by atoms with E-state index in [0.29, 0.717) is 31.1 Å². The van der Waals surface area contributed by atoms with Gasteiger partial charge in [0.2, 0.25) is 11.8 Å². The summed E-state index contributed by atoms with van der Waals surface area (Å²) in [6.07, 6.45) is 0.859. The minimum atomic E-state index is 0.0196. The Morgan fingerprint density at radius 3 is 2.57 bits per heavy atom. The van der Waals surface area contributed by atoms with E-state index >= 15 is 0 Å². The Balaban J connectivity index is 2.33. The molecule has 0 saturated carbocycles. The van der Waals surface area contributed by atoms with Gasteiger partial charge in [0, 0.05) is 31.8 Å². The lowest BCUT2D eigenvalue weighted by atomic mass is 9.93. The molecule has 1 amide bonds. The maximum absolute atomic E-state index is 11.9. The van der Waals surface area contributed by atoms with Gasteiger partial charge < -0.3 is 14.7 Å². The van der Waals surface area contributed by atoms with E-state index in [1.807, 2.05) is 27.9 Å². The van der Waals surface area contributed by atoms with E-state index in [9.17, 15) is 4.79 Å². The molecule has 0 aliphatic rings. The largest absolute Gasteiger partial charge is 0.356 e. The predicted molar refractivity (Wildman–Crippen MR) is 82.1 cm³/mol. The normalized spacial score (nSPS) is 12.2. The van der Waals surface area contributed by atoms with Crippen LogP contribution in [0.2, 0.25) is 0 Å². The summed E-state index contributed by atoms with van der Waals surface area (Å²) in [5.74, 6) is 1.48. The fourth-order valence-corrected chi connectivity index (χ4v) is 2.16. The Bertz CT molecular complexity index is 452. The Morgan fingerprint density at radius 2 is 2.05 bits per heavy atom. The van der Waals surface area contributed by atoms with E-state index in [1.165, 1.54) is 0 Å². The Hall–Kier alpha value is -1.43. The lowest BCUT2D eigenvalue weighted by Crippen LogP contribution is -2.40. The van der Waals surface area contributed by atoms with Crippen LogP contribution in [0.25, 0.3) is 0 Å². The van der Waals surface area contributed by atoms with Gasteiger partial charge in [-0.15, -0.1) is 0 Å². The van der Waals surface area contributed by atoms with E-state index in [1.54, 1.807) is 0 Å². The predicted octanol–water partition coefficient (Wildman–Crippen LogP) is 1.83. The van der Waals surface area contributed by atoms with Gasteiger partial charge in [0.05, 0.1) is 0 Å². The van der Waals surface area contributed by atoms with Crippen LogP contribution in [0.3, 0.4) is 0 Å². The lowest BCUT2D eigenvalue weighted by Gasteiger charge is -2.28. The minimum absolute atomic E-state index is 0.0196. The summed E-state index contributed by atoms with van der Waals surface area (Å²) < 4.78 is 5.13. The molecule has 120 valence electrons. The average molecular weight is 296 g/mol. The van der Waals surface area contributed by atoms with Gasteiger partial charge in [-0.2, -0.15) is 4.98 Å². The molecule has 1 heterocycles. The summed E-state index contributed by atoms with van der Waals surface area (Å²) in [5, 5.41) is 6.86. The first-order valence-electron chi connectivity index (χ1n) is 7.43. The molecule has 0 aliphatic heterocycles. The molecule has 21 heavy (non-hydrogen) atoms. The highest BCUT2D eigenvalue weighted by atomic mass is 16.5. The zero-order chi connectivity index (χ0) is 16.0. The van der Waals surface area contributed by atoms with E-state index in [-0.39, 0.29) is 17.2 Å². The molecule has 0 unspecified atom stereocenters. The van der Waals surface area contributed by atoms with Crippen molar-refractivity contribution in [2.24, 2.45) is 5.41 Å². The van der Waals surface area contributed by atoms with E-state index in [4.69, 9.17) is 4.52 Å². The number of carbonyl (C=O) groups excluding carboxylic acids is 1. The van der Waals surface area contributed by atoms with Crippen molar-refractivity contribution in [1.82, 2.24) is 20.4 Å². The van der Waals surface area contributed by atoms with Crippen molar-refractivity contribution in [2.45, 2.75) is 46.5 Å². The molecule has 1 aromatic rings. The molecule has 0 bridgehead atoms. The zero-order valence-corrected chi connectivity index (χ0v) is 14.1. The van der Waals surface area contributed by atoms with Gasteiger partial charge in [0.25, 0.3) is 0 Å². The van der Waals surface area contributed by atoms with Crippen LogP contribution in [-0.2, 0) is 11.2 Å². The molecule has 1 aromatic heterocycles. The number of rotatable bonds is 8. The van der Waals surface area contributed by atoms with Gasteiger partial charge in [-0.05, 0) is 19.5 Å². The summed E-state index contributed by atoms with van der Waals surface area (Å²) in [4.78, 5) is 18.3. The molecule has 0 saturated heterocycles. The summed E-state index contributed by atoms with van der Waals surface area (Å²) in [5.41, 5.74) is 0.0501. The van der Waals surface area contributed by atoms with Gasteiger partial charge >= 0.3 is 0 Å². The topological polar surface area (TPSA) is 71.3 Å². The molecule has 1 N–H and O–H groups in total. The van der Waals surface area contributed by atoms with Crippen LogP contribution in [0.5, 0.6) is 0 Å². The lowest BCUT2D eigenvalue weighted by molar-refractivity contribution is -0.121. The van der Waals surface area contributed by atoms with Crippen molar-refractivity contribution in [3.05, 3.63) is 11.7 Å². The summed E-state index contributed by atoms with van der Waals surface area (Å²) in [6.45, 7) is 9.88. The maximum Gasteiger partial charge on any atom is 0.227 e. The fraction of sp³-hybridized carbons (Fsp3) is 0.800. The van der Waals surface area contributed by atoms with Crippen LogP contribution in [0.1, 0.15) is 51.7 Å². The number of aromatic nitrogens is 2. The van der Waals surface area contributed by atoms with Crippen LogP contribution in [0.4, 0.5) is 0 Å². The number of amides is 1. The first-order chi connectivity index (χ1) is 9.69. The number of hydrogen-bond acceptors (Lipinski definition) is 5. The average Bonchev–Trinajstić information content (AvgIpc) is 2.81. The third-order valence-electron chi connectivity index (χ3n) is 3.07. The highest BCUT2D eigenvalue weighted by Gasteiger charge is 2.20. The molecule has 1 rings (SSSR count). The minimum Gasteiger partial charge on any atom is -0.356 e. The quantitative estimate of drug-likeness (QED) is 0.792. The zero-order valence-electron chi connectivity index (χ0n) is 14.1. The van der Waals surface area contributed by atoms with Gasteiger partial charge in [-0.3, -0.25) is 4.79 Å². The second-order valence-corrected chi connectivity index (χ2v) is 6.88. The highest BCUT2D eigenvalue weighted by Crippen LogP contribution is 2.14. The molecule has 6 nitrogen and oxygen atoms in total. The van der Waals surface area contributed by atoms with Crippen LogP contribution in [0.15, 0.2) is 4.52 Å². The van der Waals surface area contributed by atoms with Crippen molar-refractivity contribution < 1.29 is 9.32 Å². The highest BCUT2D eigenvalue weighted by molar-refractivity contribution is 5.76. The third-order valence-corrected chi connectivity index (χ3v) is 3.07. The van der Waals surface area contributed by atoms with Crippen molar-refractivity contribution in [1.29, 1.82) is 0 Å². The molecule has 0 fully saturated rings. The smallest absolute Gasteiger partial charge is 0.227 e. The molecule has 6 heteroatoms. The molecule has 0 aliphatic carbocycles. The Kier molecular flexibility index (Phi) is 6.33. The first kappa shape index (κ1) is 17.6. The van der Waals surface area contributed by atoms with Crippen molar-refractivity contribution in [3.8, 4) is 0 Å². The number of aryl methyl sites for hydroxylation is 1. The summed E-state index contributed by atoms with van der Waals surface area (Å²) in [6, 6.07) is 0. The number of nitrogens with zero attached hydrogens (tertiary/aromatic N) is 3. The monoisotopic (exact) mass is 296 g/mol. The van der Waals surface area contributed by atoms with Gasteiger partial charge in [-0.25, -0.2) is 0 Å². The molecule has 0 aromatic carbocycles. The van der Waals surface area contributed by atoms with Crippen molar-refractivity contribution in [3.63, 3.8) is 0 Å². The second-order valence-electron chi connectivity index (χ2n) is 6.88. The summed E-state index contributed by atoms with van der Waals surface area (Å²) in [7, 11) is 4.07. The van der Waals surface area contributed by atoms with Crippen LogP contribution in [-0.4, -0.2) is 48.1 Å². The van der Waals surface area contributed by atoms with Crippen molar-refractivity contribution in [2.75, 3.05) is 27.2 Å². The van der Waals surface area contributed by atoms with Gasteiger partial charge in [0.15, 0.2) is 5.82 Å². The Morgan fingerprint density at radius 1 is 1.38 bits per heavy atom. The SMILES string of the molecule is CC(C)c1noc(CCC(=O)NCC(C)(C)CN(C)C)n1. The summed E-state index contributed by atoms with van der Waals surface area (Å²) >= 11 is 0. The molecule has 0 atom stereocenters. The molecule has 0 radical (unpaired) electrons.